The number of nitrogens with zero attached hydrogens (tertiary/aromatic N) is 2. The molecule has 0 aliphatic heterocycles. The second-order valence-corrected chi connectivity index (χ2v) is 8.81. The molecule has 0 N–H and O–H groups in total. The Labute approximate surface area is 188 Å². The van der Waals surface area contributed by atoms with Crippen LogP contribution in [-0.2, 0) is 6.42 Å². The van der Waals surface area contributed by atoms with Crippen LogP contribution >= 0.6 is 0 Å². The summed E-state index contributed by atoms with van der Waals surface area (Å²) in [6, 6.07) is 7.61. The van der Waals surface area contributed by atoms with Gasteiger partial charge >= 0.3 is 0 Å². The first-order valence-electron chi connectivity index (χ1n) is 12.3. The first-order chi connectivity index (χ1) is 15.1. The predicted molar refractivity (Wildman–Crippen MR) is 128 cm³/mol. The molecule has 0 spiro atoms. The van der Waals surface area contributed by atoms with Gasteiger partial charge in [-0.1, -0.05) is 65.7 Å². The zero-order valence-corrected chi connectivity index (χ0v) is 19.8. The van der Waals surface area contributed by atoms with E-state index in [1.54, 1.807) is 0 Å². The standard InChI is InChI=1S/C27H41FN2O/c1-4-6-7-8-9-10-11-12-23-19-29-27(30-20-23)24-14-17-26(18-15-24)31-21-25(28)16-13-22(3)5-2/h14-15,17-20,22,25H,4-13,16,21H2,1-3H3. The minimum atomic E-state index is -0.916. The molecule has 0 saturated heterocycles. The van der Waals surface area contributed by atoms with E-state index in [1.165, 1.54) is 50.5 Å². The summed E-state index contributed by atoms with van der Waals surface area (Å²) >= 11 is 0. The van der Waals surface area contributed by atoms with Crippen molar-refractivity contribution in [2.24, 2.45) is 5.92 Å². The van der Waals surface area contributed by atoms with E-state index in [-0.39, 0.29) is 6.61 Å². The van der Waals surface area contributed by atoms with Gasteiger partial charge in [0, 0.05) is 18.0 Å². The fourth-order valence-electron chi connectivity index (χ4n) is 3.56. The van der Waals surface area contributed by atoms with Crippen LogP contribution in [0.4, 0.5) is 4.39 Å². The van der Waals surface area contributed by atoms with Crippen LogP contribution in [0.3, 0.4) is 0 Å². The Morgan fingerprint density at radius 1 is 0.871 bits per heavy atom. The third-order valence-corrected chi connectivity index (χ3v) is 5.99. The summed E-state index contributed by atoms with van der Waals surface area (Å²) in [7, 11) is 0. The van der Waals surface area contributed by atoms with E-state index in [2.05, 4.69) is 30.7 Å². The van der Waals surface area contributed by atoms with Crippen LogP contribution < -0.4 is 4.74 Å². The number of rotatable bonds is 16. The molecule has 2 aromatic rings. The highest BCUT2D eigenvalue weighted by molar-refractivity contribution is 5.55. The average molecular weight is 429 g/mol. The number of benzene rings is 1. The van der Waals surface area contributed by atoms with Gasteiger partial charge in [0.1, 0.15) is 18.5 Å². The van der Waals surface area contributed by atoms with Crippen LogP contribution in [0.15, 0.2) is 36.7 Å². The third kappa shape index (κ3) is 10.3. The van der Waals surface area contributed by atoms with Crippen molar-refractivity contribution in [2.75, 3.05) is 6.61 Å². The maximum atomic E-state index is 14.0. The Morgan fingerprint density at radius 2 is 1.52 bits per heavy atom. The zero-order valence-electron chi connectivity index (χ0n) is 19.8. The highest BCUT2D eigenvalue weighted by Gasteiger charge is 2.10. The van der Waals surface area contributed by atoms with Gasteiger partial charge in [0.15, 0.2) is 5.82 Å². The molecule has 1 aromatic heterocycles. The van der Waals surface area contributed by atoms with Crippen molar-refractivity contribution in [3.63, 3.8) is 0 Å². The number of ether oxygens (including phenoxy) is 1. The van der Waals surface area contributed by atoms with Gasteiger partial charge in [-0.2, -0.15) is 0 Å². The number of hydrogen-bond acceptors (Lipinski definition) is 3. The minimum Gasteiger partial charge on any atom is -0.491 e. The number of alkyl halides is 1. The van der Waals surface area contributed by atoms with Gasteiger partial charge in [0.2, 0.25) is 0 Å². The normalized spacial score (nSPS) is 13.2. The Hall–Kier alpha value is -1.97. The molecule has 0 aliphatic rings. The van der Waals surface area contributed by atoms with E-state index in [1.807, 2.05) is 36.7 Å². The lowest BCUT2D eigenvalue weighted by molar-refractivity contribution is 0.179. The first kappa shape index (κ1) is 25.3. The Kier molecular flexibility index (Phi) is 12.2. The number of aromatic nitrogens is 2. The highest BCUT2D eigenvalue weighted by Crippen LogP contribution is 2.21. The number of halogens is 1. The summed E-state index contributed by atoms with van der Waals surface area (Å²) in [5.74, 6) is 1.97. The van der Waals surface area contributed by atoms with E-state index < -0.39 is 6.17 Å². The van der Waals surface area contributed by atoms with E-state index >= 15 is 0 Å². The van der Waals surface area contributed by atoms with Crippen molar-refractivity contribution in [1.29, 1.82) is 0 Å². The predicted octanol–water partition coefficient (Wildman–Crippen LogP) is 7.98. The fraction of sp³-hybridized carbons (Fsp3) is 0.630. The van der Waals surface area contributed by atoms with E-state index in [0.29, 0.717) is 23.9 Å². The molecule has 2 atom stereocenters. The quantitative estimate of drug-likeness (QED) is 0.254. The minimum absolute atomic E-state index is 0.111. The SMILES string of the molecule is CCCCCCCCCc1cnc(-c2ccc(OCC(F)CCC(C)CC)cc2)nc1. The van der Waals surface area contributed by atoms with Gasteiger partial charge < -0.3 is 4.74 Å². The fourth-order valence-corrected chi connectivity index (χ4v) is 3.56. The molecule has 0 saturated carbocycles. The van der Waals surface area contributed by atoms with Gasteiger partial charge in [-0.05, 0) is 61.4 Å². The van der Waals surface area contributed by atoms with Crippen LogP contribution in [0.2, 0.25) is 0 Å². The second kappa shape index (κ2) is 14.9. The molecule has 3 nitrogen and oxygen atoms in total. The molecule has 4 heteroatoms. The monoisotopic (exact) mass is 428 g/mol. The Bertz CT molecular complexity index is 702. The molecule has 0 aliphatic carbocycles. The van der Waals surface area contributed by atoms with Gasteiger partial charge in [0.25, 0.3) is 0 Å². The van der Waals surface area contributed by atoms with Gasteiger partial charge in [-0.25, -0.2) is 14.4 Å². The summed E-state index contributed by atoms with van der Waals surface area (Å²) in [4.78, 5) is 9.06. The highest BCUT2D eigenvalue weighted by atomic mass is 19.1. The Morgan fingerprint density at radius 3 is 2.16 bits per heavy atom. The van der Waals surface area contributed by atoms with E-state index in [4.69, 9.17) is 4.74 Å². The second-order valence-electron chi connectivity index (χ2n) is 8.81. The molecule has 172 valence electrons. The molecule has 0 radical (unpaired) electrons. The largest absolute Gasteiger partial charge is 0.491 e. The third-order valence-electron chi connectivity index (χ3n) is 5.99. The van der Waals surface area contributed by atoms with Crippen molar-refractivity contribution in [2.45, 2.75) is 97.6 Å². The van der Waals surface area contributed by atoms with Crippen molar-refractivity contribution in [1.82, 2.24) is 9.97 Å². The molecule has 0 bridgehead atoms. The molecule has 1 heterocycles. The van der Waals surface area contributed by atoms with Crippen LogP contribution in [0.25, 0.3) is 11.4 Å². The lowest BCUT2D eigenvalue weighted by atomic mass is 10.0. The van der Waals surface area contributed by atoms with Crippen LogP contribution in [-0.4, -0.2) is 22.7 Å². The summed E-state index contributed by atoms with van der Waals surface area (Å²) < 4.78 is 19.6. The summed E-state index contributed by atoms with van der Waals surface area (Å²) in [5, 5.41) is 0. The molecule has 2 unspecified atom stereocenters. The lowest BCUT2D eigenvalue weighted by Crippen LogP contribution is -2.14. The zero-order chi connectivity index (χ0) is 22.3. The summed E-state index contributed by atoms with van der Waals surface area (Å²) in [6.45, 7) is 6.67. The molecule has 0 fully saturated rings. The first-order valence-corrected chi connectivity index (χ1v) is 12.3. The van der Waals surface area contributed by atoms with Crippen molar-refractivity contribution in [3.05, 3.63) is 42.2 Å². The van der Waals surface area contributed by atoms with Gasteiger partial charge in [0.05, 0.1) is 0 Å². The lowest BCUT2D eigenvalue weighted by Gasteiger charge is -2.13. The van der Waals surface area contributed by atoms with Crippen molar-refractivity contribution in [3.8, 4) is 17.1 Å². The van der Waals surface area contributed by atoms with Crippen LogP contribution in [0, 0.1) is 5.92 Å². The van der Waals surface area contributed by atoms with E-state index in [0.717, 1.165) is 24.8 Å². The molecule has 1 aromatic carbocycles. The number of aryl methyl sites for hydroxylation is 1. The van der Waals surface area contributed by atoms with Crippen molar-refractivity contribution < 1.29 is 9.13 Å². The summed E-state index contributed by atoms with van der Waals surface area (Å²) in [6.07, 6.45) is 15.8. The average Bonchev–Trinajstić information content (AvgIpc) is 2.81. The molecular formula is C27H41FN2O. The molecular weight excluding hydrogens is 387 g/mol. The maximum Gasteiger partial charge on any atom is 0.159 e. The van der Waals surface area contributed by atoms with Gasteiger partial charge in [-0.3, -0.25) is 0 Å². The smallest absolute Gasteiger partial charge is 0.159 e. The van der Waals surface area contributed by atoms with Crippen LogP contribution in [0.5, 0.6) is 5.75 Å². The number of hydrogen-bond donors (Lipinski definition) is 0. The maximum absolute atomic E-state index is 14.0. The molecule has 31 heavy (non-hydrogen) atoms. The topological polar surface area (TPSA) is 35.0 Å². The van der Waals surface area contributed by atoms with Gasteiger partial charge in [-0.15, -0.1) is 0 Å². The molecule has 0 amide bonds. The van der Waals surface area contributed by atoms with E-state index in [9.17, 15) is 4.39 Å². The van der Waals surface area contributed by atoms with Crippen LogP contribution in [0.1, 0.15) is 90.5 Å². The summed E-state index contributed by atoms with van der Waals surface area (Å²) in [5.41, 5.74) is 2.15. The Balaban J connectivity index is 1.72. The van der Waals surface area contributed by atoms with Crippen molar-refractivity contribution >= 4 is 0 Å². The number of unbranched alkanes of at least 4 members (excludes halogenated alkanes) is 6. The molecule has 2 rings (SSSR count).